The van der Waals surface area contributed by atoms with Gasteiger partial charge in [-0.25, -0.2) is 4.79 Å². The maximum absolute atomic E-state index is 12.1. The van der Waals surface area contributed by atoms with E-state index in [0.29, 0.717) is 13.2 Å². The Morgan fingerprint density at radius 2 is 2.08 bits per heavy atom. The molecule has 0 radical (unpaired) electrons. The first-order chi connectivity index (χ1) is 12.2. The van der Waals surface area contributed by atoms with Crippen molar-refractivity contribution in [2.24, 2.45) is 7.05 Å². The quantitative estimate of drug-likeness (QED) is 0.798. The summed E-state index contributed by atoms with van der Waals surface area (Å²) in [6.07, 6.45) is 2.64. The minimum absolute atomic E-state index is 0.206. The third kappa shape index (κ3) is 4.49. The van der Waals surface area contributed by atoms with Crippen LogP contribution in [0.2, 0.25) is 0 Å². The average molecular weight is 351 g/mol. The molecule has 8 nitrogen and oxygen atoms in total. The van der Waals surface area contributed by atoms with Crippen molar-refractivity contribution in [2.45, 2.75) is 38.6 Å². The van der Waals surface area contributed by atoms with Crippen molar-refractivity contribution in [3.63, 3.8) is 0 Å². The molecule has 2 aliphatic heterocycles. The highest BCUT2D eigenvalue weighted by atomic mass is 16.6. The van der Waals surface area contributed by atoms with Crippen LogP contribution in [0.3, 0.4) is 0 Å². The summed E-state index contributed by atoms with van der Waals surface area (Å²) in [7, 11) is 2.03. The van der Waals surface area contributed by atoms with E-state index in [1.165, 1.54) is 0 Å². The van der Waals surface area contributed by atoms with E-state index in [9.17, 15) is 4.79 Å². The van der Waals surface area contributed by atoms with Gasteiger partial charge in [-0.3, -0.25) is 4.90 Å². The molecule has 3 rings (SSSR count). The van der Waals surface area contributed by atoms with Gasteiger partial charge in [-0.2, -0.15) is 0 Å². The smallest absolute Gasteiger partial charge is 0.409 e. The van der Waals surface area contributed by atoms with E-state index in [2.05, 4.69) is 19.7 Å². The summed E-state index contributed by atoms with van der Waals surface area (Å²) in [6, 6.07) is 0. The predicted octanol–water partition coefficient (Wildman–Crippen LogP) is 1.37. The Morgan fingerprint density at radius 1 is 1.28 bits per heavy atom. The van der Waals surface area contributed by atoms with Gasteiger partial charge in [0.05, 0.1) is 26.4 Å². The van der Waals surface area contributed by atoms with Crippen LogP contribution < -0.4 is 0 Å². The molecule has 1 aromatic heterocycles. The first kappa shape index (κ1) is 18.1. The second-order valence-electron chi connectivity index (χ2n) is 6.82. The fourth-order valence-electron chi connectivity index (χ4n) is 3.46. The van der Waals surface area contributed by atoms with E-state index in [0.717, 1.165) is 70.3 Å². The van der Waals surface area contributed by atoms with Crippen molar-refractivity contribution >= 4 is 6.09 Å². The molecule has 1 atom stereocenters. The second-order valence-corrected chi connectivity index (χ2v) is 6.82. The van der Waals surface area contributed by atoms with Crippen LogP contribution in [-0.2, 0) is 23.1 Å². The Kier molecular flexibility index (Phi) is 6.25. The van der Waals surface area contributed by atoms with Crippen LogP contribution in [0.1, 0.15) is 43.8 Å². The number of carbonyl (C=O) groups excluding carboxylic acids is 1. The molecule has 0 aromatic carbocycles. The molecule has 2 saturated heterocycles. The molecule has 3 heterocycles. The number of carbonyl (C=O) groups is 1. The lowest BCUT2D eigenvalue weighted by Crippen LogP contribution is -2.40. The molecule has 8 heteroatoms. The summed E-state index contributed by atoms with van der Waals surface area (Å²) in [4.78, 5) is 16.3. The van der Waals surface area contributed by atoms with Gasteiger partial charge < -0.3 is 18.9 Å². The zero-order valence-corrected chi connectivity index (χ0v) is 15.3. The Hall–Kier alpha value is -1.67. The van der Waals surface area contributed by atoms with Crippen molar-refractivity contribution in [3.05, 3.63) is 11.6 Å². The van der Waals surface area contributed by atoms with E-state index < -0.39 is 0 Å². The van der Waals surface area contributed by atoms with Crippen LogP contribution >= 0.6 is 0 Å². The van der Waals surface area contributed by atoms with Gasteiger partial charge in [0.25, 0.3) is 0 Å². The lowest BCUT2D eigenvalue weighted by atomic mass is 9.97. The molecule has 2 fully saturated rings. The van der Waals surface area contributed by atoms with Gasteiger partial charge in [-0.15, -0.1) is 10.2 Å². The molecule has 1 amide bonds. The third-order valence-corrected chi connectivity index (χ3v) is 4.94. The highest BCUT2D eigenvalue weighted by molar-refractivity contribution is 5.67. The number of morpholine rings is 1. The Morgan fingerprint density at radius 3 is 2.84 bits per heavy atom. The number of hydrogen-bond acceptors (Lipinski definition) is 6. The number of hydrogen-bond donors (Lipinski definition) is 0. The molecular weight excluding hydrogens is 322 g/mol. The molecule has 1 aromatic rings. The standard InChI is InChI=1S/C17H29N5O3/c1-3-9-25-17(23)22-6-4-5-14(12-22)16-19-18-15(20(16)2)13-21-7-10-24-11-8-21/h14H,3-13H2,1-2H3/t14-/m1/s1. The molecule has 140 valence electrons. The zero-order valence-electron chi connectivity index (χ0n) is 15.3. The summed E-state index contributed by atoms with van der Waals surface area (Å²) in [5, 5.41) is 8.84. The number of likely N-dealkylation sites (tertiary alicyclic amines) is 1. The average Bonchev–Trinajstić information content (AvgIpc) is 3.01. The lowest BCUT2D eigenvalue weighted by molar-refractivity contribution is 0.0326. The molecule has 0 unspecified atom stereocenters. The van der Waals surface area contributed by atoms with Gasteiger partial charge >= 0.3 is 6.09 Å². The van der Waals surface area contributed by atoms with Crippen LogP contribution in [-0.4, -0.2) is 76.7 Å². The Labute approximate surface area is 149 Å². The van der Waals surface area contributed by atoms with Crippen LogP contribution in [0.5, 0.6) is 0 Å². The van der Waals surface area contributed by atoms with E-state index in [1.807, 2.05) is 14.0 Å². The van der Waals surface area contributed by atoms with Crippen molar-refractivity contribution < 1.29 is 14.3 Å². The first-order valence-electron chi connectivity index (χ1n) is 9.29. The normalized spacial score (nSPS) is 22.2. The fourth-order valence-corrected chi connectivity index (χ4v) is 3.46. The maximum atomic E-state index is 12.1. The van der Waals surface area contributed by atoms with Gasteiger partial charge in [0.2, 0.25) is 0 Å². The van der Waals surface area contributed by atoms with Gasteiger partial charge in [0, 0.05) is 39.1 Å². The molecule has 0 saturated carbocycles. The summed E-state index contributed by atoms with van der Waals surface area (Å²) in [6.45, 7) is 8.12. The molecule has 0 bridgehead atoms. The topological polar surface area (TPSA) is 72.7 Å². The number of piperidine rings is 1. The molecule has 25 heavy (non-hydrogen) atoms. The number of aromatic nitrogens is 3. The van der Waals surface area contributed by atoms with Crippen LogP contribution in [0.4, 0.5) is 4.79 Å². The highest BCUT2D eigenvalue weighted by Crippen LogP contribution is 2.26. The molecule has 2 aliphatic rings. The number of rotatable bonds is 5. The van der Waals surface area contributed by atoms with Crippen LogP contribution in [0, 0.1) is 0 Å². The van der Waals surface area contributed by atoms with E-state index >= 15 is 0 Å². The van der Waals surface area contributed by atoms with Crippen molar-refractivity contribution in [1.29, 1.82) is 0 Å². The van der Waals surface area contributed by atoms with Crippen molar-refractivity contribution in [1.82, 2.24) is 24.6 Å². The number of amides is 1. The largest absolute Gasteiger partial charge is 0.449 e. The molecular formula is C17H29N5O3. The summed E-state index contributed by atoms with van der Waals surface area (Å²) in [5.74, 6) is 2.16. The molecule has 0 spiro atoms. The fraction of sp³-hybridized carbons (Fsp3) is 0.824. The predicted molar refractivity (Wildman–Crippen MR) is 92.3 cm³/mol. The lowest BCUT2D eigenvalue weighted by Gasteiger charge is -2.31. The minimum atomic E-state index is -0.206. The van der Waals surface area contributed by atoms with Gasteiger partial charge in [-0.05, 0) is 19.3 Å². The summed E-state index contributed by atoms with van der Waals surface area (Å²) in [5.41, 5.74) is 0. The molecule has 0 aliphatic carbocycles. The maximum Gasteiger partial charge on any atom is 0.409 e. The Balaban J connectivity index is 1.62. The number of nitrogens with zero attached hydrogens (tertiary/aromatic N) is 5. The monoisotopic (exact) mass is 351 g/mol. The van der Waals surface area contributed by atoms with E-state index in [4.69, 9.17) is 9.47 Å². The SMILES string of the molecule is CCCOC(=O)N1CCC[C@@H](c2nnc(CN3CCOCC3)n2C)C1. The van der Waals surface area contributed by atoms with Gasteiger partial charge in [0.1, 0.15) is 11.6 Å². The molecule has 0 N–H and O–H groups in total. The van der Waals surface area contributed by atoms with E-state index in [-0.39, 0.29) is 12.0 Å². The van der Waals surface area contributed by atoms with Gasteiger partial charge in [-0.1, -0.05) is 6.92 Å². The van der Waals surface area contributed by atoms with Crippen LogP contribution in [0.15, 0.2) is 0 Å². The third-order valence-electron chi connectivity index (χ3n) is 4.94. The summed E-state index contributed by atoms with van der Waals surface area (Å²) < 4.78 is 12.8. The first-order valence-corrected chi connectivity index (χ1v) is 9.29. The number of ether oxygens (including phenoxy) is 2. The van der Waals surface area contributed by atoms with Crippen molar-refractivity contribution in [3.8, 4) is 0 Å². The van der Waals surface area contributed by atoms with Gasteiger partial charge in [0.15, 0.2) is 0 Å². The van der Waals surface area contributed by atoms with E-state index in [1.54, 1.807) is 4.90 Å². The highest BCUT2D eigenvalue weighted by Gasteiger charge is 2.29. The zero-order chi connectivity index (χ0) is 17.6. The minimum Gasteiger partial charge on any atom is -0.449 e. The van der Waals surface area contributed by atoms with Crippen molar-refractivity contribution in [2.75, 3.05) is 46.0 Å². The van der Waals surface area contributed by atoms with Crippen LogP contribution in [0.25, 0.3) is 0 Å². The second kappa shape index (κ2) is 8.62. The Bertz CT molecular complexity index is 571. The summed E-state index contributed by atoms with van der Waals surface area (Å²) >= 11 is 0.